The van der Waals surface area contributed by atoms with Gasteiger partial charge in [-0.05, 0) is 12.1 Å². The monoisotopic (exact) mass is 311 g/mol. The van der Waals surface area contributed by atoms with Crippen molar-refractivity contribution in [1.29, 1.82) is 0 Å². The SMILES string of the molecule is [C-]#[N+]c1ccc(S(=O)(=O)n2cnc(-c3ccncc3)n2)cc1. The number of rotatable bonds is 3. The van der Waals surface area contributed by atoms with Crippen LogP contribution in [0.15, 0.2) is 60.0 Å². The van der Waals surface area contributed by atoms with Gasteiger partial charge in [-0.1, -0.05) is 24.3 Å². The molecule has 0 saturated carbocycles. The molecule has 3 aromatic rings. The summed E-state index contributed by atoms with van der Waals surface area (Å²) in [4.78, 5) is 11.2. The molecule has 7 nitrogen and oxygen atoms in total. The van der Waals surface area contributed by atoms with E-state index in [-0.39, 0.29) is 4.90 Å². The van der Waals surface area contributed by atoms with Crippen molar-refractivity contribution in [3.05, 3.63) is 66.5 Å². The van der Waals surface area contributed by atoms with Crippen LogP contribution in [0.3, 0.4) is 0 Å². The molecule has 0 saturated heterocycles. The van der Waals surface area contributed by atoms with Gasteiger partial charge < -0.3 is 0 Å². The van der Waals surface area contributed by atoms with Crippen molar-refractivity contribution in [3.8, 4) is 11.4 Å². The zero-order valence-electron chi connectivity index (χ0n) is 11.2. The summed E-state index contributed by atoms with van der Waals surface area (Å²) >= 11 is 0. The molecule has 22 heavy (non-hydrogen) atoms. The van der Waals surface area contributed by atoms with Crippen molar-refractivity contribution >= 4 is 15.7 Å². The van der Waals surface area contributed by atoms with Crippen LogP contribution in [-0.4, -0.2) is 27.6 Å². The molecule has 2 aromatic heterocycles. The Hall–Kier alpha value is -3.05. The maximum absolute atomic E-state index is 12.4. The van der Waals surface area contributed by atoms with Crippen molar-refractivity contribution in [3.63, 3.8) is 0 Å². The van der Waals surface area contributed by atoms with Crippen LogP contribution in [0.2, 0.25) is 0 Å². The average molecular weight is 311 g/mol. The first kappa shape index (κ1) is 13.9. The second-order valence-electron chi connectivity index (χ2n) is 4.29. The lowest BCUT2D eigenvalue weighted by Crippen LogP contribution is -2.13. The van der Waals surface area contributed by atoms with Gasteiger partial charge >= 0.3 is 0 Å². The third-order valence-corrected chi connectivity index (χ3v) is 4.46. The van der Waals surface area contributed by atoms with Crippen LogP contribution >= 0.6 is 0 Å². The highest BCUT2D eigenvalue weighted by Gasteiger charge is 2.19. The number of nitrogens with zero attached hydrogens (tertiary/aromatic N) is 5. The normalized spacial score (nSPS) is 11.0. The van der Waals surface area contributed by atoms with Gasteiger partial charge in [-0.15, -0.1) is 9.19 Å². The van der Waals surface area contributed by atoms with E-state index in [0.29, 0.717) is 17.1 Å². The molecule has 0 amide bonds. The molecule has 0 atom stereocenters. The summed E-state index contributed by atoms with van der Waals surface area (Å²) in [5, 5.41) is 4.00. The Morgan fingerprint density at radius 1 is 1.05 bits per heavy atom. The first-order valence-electron chi connectivity index (χ1n) is 6.16. The molecular formula is C14H9N5O2S. The number of hydrogen-bond donors (Lipinski definition) is 0. The Bertz CT molecular complexity index is 941. The molecule has 3 rings (SSSR count). The van der Waals surface area contributed by atoms with E-state index in [1.54, 1.807) is 24.5 Å². The van der Waals surface area contributed by atoms with Gasteiger partial charge in [0.15, 0.2) is 11.5 Å². The standard InChI is InChI=1S/C14H9N5O2S/c1-15-12-2-4-13(5-3-12)22(20,21)19-10-17-14(18-19)11-6-8-16-9-7-11/h2-10H. The number of hydrogen-bond acceptors (Lipinski definition) is 5. The van der Waals surface area contributed by atoms with Crippen LogP contribution in [0.25, 0.3) is 16.2 Å². The van der Waals surface area contributed by atoms with Crippen molar-refractivity contribution in [2.75, 3.05) is 0 Å². The minimum Gasteiger partial charge on any atom is -0.265 e. The third-order valence-electron chi connectivity index (χ3n) is 2.92. The highest BCUT2D eigenvalue weighted by Crippen LogP contribution is 2.19. The van der Waals surface area contributed by atoms with Crippen LogP contribution < -0.4 is 0 Å². The summed E-state index contributed by atoms with van der Waals surface area (Å²) in [6.45, 7) is 6.88. The summed E-state index contributed by atoms with van der Waals surface area (Å²) in [7, 11) is -3.83. The summed E-state index contributed by atoms with van der Waals surface area (Å²) < 4.78 is 25.7. The van der Waals surface area contributed by atoms with Gasteiger partial charge in [-0.25, -0.2) is 9.83 Å². The molecule has 0 radical (unpaired) electrons. The van der Waals surface area contributed by atoms with Crippen molar-refractivity contribution in [2.24, 2.45) is 0 Å². The van der Waals surface area contributed by atoms with Gasteiger partial charge in [0.1, 0.15) is 6.33 Å². The van der Waals surface area contributed by atoms with Gasteiger partial charge in [-0.3, -0.25) is 4.98 Å². The predicted octanol–water partition coefficient (Wildman–Crippen LogP) is 2.13. The zero-order chi connectivity index (χ0) is 15.6. The largest absolute Gasteiger partial charge is 0.284 e. The lowest BCUT2D eigenvalue weighted by atomic mass is 10.3. The molecular weight excluding hydrogens is 302 g/mol. The van der Waals surface area contributed by atoms with Crippen LogP contribution in [0.4, 0.5) is 5.69 Å². The molecule has 0 aliphatic rings. The van der Waals surface area contributed by atoms with Crippen molar-refractivity contribution in [2.45, 2.75) is 4.90 Å². The fourth-order valence-electron chi connectivity index (χ4n) is 1.80. The lowest BCUT2D eigenvalue weighted by molar-refractivity contribution is 0.580. The Balaban J connectivity index is 2.00. The first-order chi connectivity index (χ1) is 10.6. The van der Waals surface area contributed by atoms with Gasteiger partial charge in [-0.2, -0.15) is 8.42 Å². The number of aromatic nitrogens is 4. The summed E-state index contributed by atoms with van der Waals surface area (Å²) in [6, 6.07) is 9.02. The second kappa shape index (κ2) is 5.38. The Morgan fingerprint density at radius 2 is 1.73 bits per heavy atom. The molecule has 1 aromatic carbocycles. The van der Waals surface area contributed by atoms with Crippen LogP contribution in [0.5, 0.6) is 0 Å². The zero-order valence-corrected chi connectivity index (χ0v) is 12.0. The maximum atomic E-state index is 12.4. The Kier molecular flexibility index (Phi) is 3.40. The molecule has 0 unspecified atom stereocenters. The van der Waals surface area contributed by atoms with E-state index in [1.165, 1.54) is 24.3 Å². The van der Waals surface area contributed by atoms with E-state index in [4.69, 9.17) is 6.57 Å². The van der Waals surface area contributed by atoms with Crippen LogP contribution in [-0.2, 0) is 10.0 Å². The van der Waals surface area contributed by atoms with E-state index in [1.807, 2.05) is 0 Å². The summed E-state index contributed by atoms with van der Waals surface area (Å²) in [6.07, 6.45) is 4.30. The van der Waals surface area contributed by atoms with Gasteiger partial charge in [0.25, 0.3) is 10.0 Å². The van der Waals surface area contributed by atoms with E-state index in [2.05, 4.69) is 19.9 Å². The molecule has 0 aliphatic heterocycles. The van der Waals surface area contributed by atoms with Crippen LogP contribution in [0.1, 0.15) is 0 Å². The second-order valence-corrected chi connectivity index (χ2v) is 6.08. The molecule has 108 valence electrons. The summed E-state index contributed by atoms with van der Waals surface area (Å²) in [5.41, 5.74) is 1.04. The quantitative estimate of drug-likeness (QED) is 0.692. The van der Waals surface area contributed by atoms with Gasteiger partial charge in [0.2, 0.25) is 0 Å². The number of pyridine rings is 1. The van der Waals surface area contributed by atoms with E-state index >= 15 is 0 Å². The number of benzene rings is 1. The van der Waals surface area contributed by atoms with E-state index < -0.39 is 10.0 Å². The average Bonchev–Trinajstić information content (AvgIpc) is 3.06. The van der Waals surface area contributed by atoms with Gasteiger partial charge in [0.05, 0.1) is 11.5 Å². The Morgan fingerprint density at radius 3 is 2.36 bits per heavy atom. The van der Waals surface area contributed by atoms with E-state index in [0.717, 1.165) is 10.4 Å². The fourth-order valence-corrected chi connectivity index (χ4v) is 2.85. The maximum Gasteiger partial charge on any atom is 0.284 e. The topological polar surface area (TPSA) is 82.1 Å². The molecule has 0 fully saturated rings. The highest BCUT2D eigenvalue weighted by molar-refractivity contribution is 7.89. The third kappa shape index (κ3) is 2.45. The molecule has 0 N–H and O–H groups in total. The summed E-state index contributed by atoms with van der Waals surface area (Å²) in [5.74, 6) is 0.295. The fraction of sp³-hybridized carbons (Fsp3) is 0. The predicted molar refractivity (Wildman–Crippen MR) is 78.5 cm³/mol. The first-order valence-corrected chi connectivity index (χ1v) is 7.60. The minimum absolute atomic E-state index is 0.0473. The van der Waals surface area contributed by atoms with Crippen molar-refractivity contribution in [1.82, 2.24) is 19.2 Å². The van der Waals surface area contributed by atoms with Crippen LogP contribution in [0, 0.1) is 6.57 Å². The minimum atomic E-state index is -3.83. The smallest absolute Gasteiger partial charge is 0.265 e. The Labute approximate surface area is 126 Å². The van der Waals surface area contributed by atoms with Gasteiger partial charge in [0, 0.05) is 18.0 Å². The molecule has 2 heterocycles. The van der Waals surface area contributed by atoms with Crippen molar-refractivity contribution < 1.29 is 8.42 Å². The highest BCUT2D eigenvalue weighted by atomic mass is 32.2. The molecule has 0 aliphatic carbocycles. The molecule has 8 heteroatoms. The van der Waals surface area contributed by atoms with E-state index in [9.17, 15) is 8.42 Å². The molecule has 0 bridgehead atoms. The molecule has 0 spiro atoms. The lowest BCUT2D eigenvalue weighted by Gasteiger charge is -2.03.